The Morgan fingerprint density at radius 3 is 2.19 bits per heavy atom. The summed E-state index contributed by atoms with van der Waals surface area (Å²) in [5.41, 5.74) is 0. The van der Waals surface area contributed by atoms with Gasteiger partial charge in [-0.05, 0) is 6.42 Å². The molecule has 0 saturated carbocycles. The summed E-state index contributed by atoms with van der Waals surface area (Å²) >= 11 is 0. The fourth-order valence-corrected chi connectivity index (χ4v) is 1.65. The molecule has 0 aliphatic rings. The third-order valence-corrected chi connectivity index (χ3v) is 2.92. The molecule has 8 heteroatoms. The number of hydrogen-bond acceptors (Lipinski definition) is 5. The highest BCUT2D eigenvalue weighted by molar-refractivity contribution is 7.85. The standard InChI is InChI=1S/C8H17NO6S/c1-3-5(2)7(10)9-6(8(11)12)4-16(13,14)15/h5-6,8,11-12H,3-4H2,1-2H3,(H,9,10)(H,13,14,15). The molecule has 0 radical (unpaired) electrons. The van der Waals surface area contributed by atoms with Crippen LogP contribution in [0, 0.1) is 5.92 Å². The van der Waals surface area contributed by atoms with Crippen LogP contribution in [-0.2, 0) is 14.9 Å². The van der Waals surface area contributed by atoms with Gasteiger partial charge in [-0.2, -0.15) is 8.42 Å². The Morgan fingerprint density at radius 1 is 1.38 bits per heavy atom. The molecule has 1 amide bonds. The molecule has 0 aromatic rings. The van der Waals surface area contributed by atoms with Gasteiger partial charge < -0.3 is 15.5 Å². The lowest BCUT2D eigenvalue weighted by atomic mass is 10.1. The van der Waals surface area contributed by atoms with Crippen molar-refractivity contribution in [3.05, 3.63) is 0 Å². The number of carbonyl (C=O) groups is 1. The highest BCUT2D eigenvalue weighted by Crippen LogP contribution is 2.03. The van der Waals surface area contributed by atoms with E-state index in [0.29, 0.717) is 6.42 Å². The lowest BCUT2D eigenvalue weighted by molar-refractivity contribution is -0.129. The Kier molecular flexibility index (Phi) is 5.87. The molecule has 0 heterocycles. The second-order valence-electron chi connectivity index (χ2n) is 3.59. The Labute approximate surface area is 94.2 Å². The first-order chi connectivity index (χ1) is 7.17. The number of rotatable bonds is 6. The first-order valence-electron chi connectivity index (χ1n) is 4.79. The smallest absolute Gasteiger partial charge is 0.267 e. The van der Waals surface area contributed by atoms with E-state index >= 15 is 0 Å². The van der Waals surface area contributed by atoms with Crippen LogP contribution in [-0.4, -0.2) is 47.2 Å². The van der Waals surface area contributed by atoms with Gasteiger partial charge in [0.05, 0.1) is 6.04 Å². The van der Waals surface area contributed by atoms with E-state index in [2.05, 4.69) is 5.32 Å². The van der Waals surface area contributed by atoms with Crippen molar-refractivity contribution in [1.82, 2.24) is 5.32 Å². The molecule has 0 rings (SSSR count). The summed E-state index contributed by atoms with van der Waals surface area (Å²) in [6.07, 6.45) is -1.51. The summed E-state index contributed by atoms with van der Waals surface area (Å²) in [4.78, 5) is 11.4. The molecule has 0 fully saturated rings. The molecule has 0 aliphatic heterocycles. The third-order valence-electron chi connectivity index (χ3n) is 2.14. The minimum absolute atomic E-state index is 0.373. The van der Waals surface area contributed by atoms with Crippen LogP contribution in [0.5, 0.6) is 0 Å². The Hall–Kier alpha value is -0.700. The molecule has 0 aromatic heterocycles. The predicted octanol–water partition coefficient (Wildman–Crippen LogP) is -1.28. The Balaban J connectivity index is 4.53. The Morgan fingerprint density at radius 2 is 1.88 bits per heavy atom. The number of hydrogen-bond donors (Lipinski definition) is 4. The lowest BCUT2D eigenvalue weighted by Gasteiger charge is -2.20. The van der Waals surface area contributed by atoms with E-state index in [1.807, 2.05) is 0 Å². The van der Waals surface area contributed by atoms with Gasteiger partial charge in [-0.25, -0.2) is 0 Å². The van der Waals surface area contributed by atoms with Crippen LogP contribution in [0.1, 0.15) is 20.3 Å². The number of aliphatic hydroxyl groups is 2. The highest BCUT2D eigenvalue weighted by atomic mass is 32.2. The molecule has 0 spiro atoms. The quantitative estimate of drug-likeness (QED) is 0.346. The second kappa shape index (κ2) is 6.14. The van der Waals surface area contributed by atoms with Crippen molar-refractivity contribution in [1.29, 1.82) is 0 Å². The van der Waals surface area contributed by atoms with E-state index in [-0.39, 0.29) is 5.92 Å². The third kappa shape index (κ3) is 6.01. The number of nitrogens with one attached hydrogen (secondary N) is 1. The summed E-state index contributed by atoms with van der Waals surface area (Å²) < 4.78 is 29.6. The van der Waals surface area contributed by atoms with Gasteiger partial charge in [-0.3, -0.25) is 9.35 Å². The first-order valence-corrected chi connectivity index (χ1v) is 6.40. The number of carbonyl (C=O) groups excluding carboxylic acids is 1. The van der Waals surface area contributed by atoms with Gasteiger partial charge in [0, 0.05) is 5.92 Å². The van der Waals surface area contributed by atoms with E-state index in [1.54, 1.807) is 13.8 Å². The average Bonchev–Trinajstić information content (AvgIpc) is 2.13. The molecule has 7 nitrogen and oxygen atoms in total. The van der Waals surface area contributed by atoms with E-state index in [0.717, 1.165) is 0 Å². The first kappa shape index (κ1) is 15.3. The summed E-state index contributed by atoms with van der Waals surface area (Å²) in [7, 11) is -4.38. The maximum Gasteiger partial charge on any atom is 0.267 e. The molecule has 0 bridgehead atoms. The fourth-order valence-electron chi connectivity index (χ4n) is 0.940. The van der Waals surface area contributed by atoms with Gasteiger partial charge in [0.25, 0.3) is 10.1 Å². The van der Waals surface area contributed by atoms with Gasteiger partial charge in [-0.15, -0.1) is 0 Å². The molecular formula is C8H17NO6S. The van der Waals surface area contributed by atoms with Crippen LogP contribution in [0.25, 0.3) is 0 Å². The van der Waals surface area contributed by atoms with Crippen LogP contribution in [0.2, 0.25) is 0 Å². The van der Waals surface area contributed by atoms with Crippen LogP contribution >= 0.6 is 0 Å². The van der Waals surface area contributed by atoms with Crippen molar-refractivity contribution in [2.45, 2.75) is 32.6 Å². The molecule has 2 atom stereocenters. The van der Waals surface area contributed by atoms with Crippen molar-refractivity contribution in [3.8, 4) is 0 Å². The van der Waals surface area contributed by atoms with Crippen molar-refractivity contribution in [3.63, 3.8) is 0 Å². The van der Waals surface area contributed by atoms with Crippen LogP contribution in [0.4, 0.5) is 0 Å². The van der Waals surface area contributed by atoms with Crippen LogP contribution < -0.4 is 5.32 Å². The fraction of sp³-hybridized carbons (Fsp3) is 0.875. The minimum atomic E-state index is -4.38. The molecule has 0 aromatic carbocycles. The zero-order chi connectivity index (χ0) is 12.9. The van der Waals surface area contributed by atoms with Crippen molar-refractivity contribution in [2.24, 2.45) is 5.92 Å². The molecule has 96 valence electrons. The zero-order valence-electron chi connectivity index (χ0n) is 9.12. The SMILES string of the molecule is CCC(C)C(=O)NC(CS(=O)(=O)O)C(O)O. The van der Waals surface area contributed by atoms with Crippen LogP contribution in [0.3, 0.4) is 0 Å². The molecule has 4 N–H and O–H groups in total. The summed E-state index contributed by atoms with van der Waals surface area (Å²) in [6, 6.07) is -1.43. The topological polar surface area (TPSA) is 124 Å². The molecule has 0 saturated heterocycles. The van der Waals surface area contributed by atoms with E-state index in [4.69, 9.17) is 14.8 Å². The van der Waals surface area contributed by atoms with E-state index < -0.39 is 34.1 Å². The molecule has 0 aliphatic carbocycles. The molecule has 16 heavy (non-hydrogen) atoms. The van der Waals surface area contributed by atoms with Crippen molar-refractivity contribution < 1.29 is 28.0 Å². The summed E-state index contributed by atoms with van der Waals surface area (Å²) in [5, 5.41) is 19.8. The number of amides is 1. The van der Waals surface area contributed by atoms with Crippen molar-refractivity contribution in [2.75, 3.05) is 5.75 Å². The summed E-state index contributed by atoms with van der Waals surface area (Å²) in [5.74, 6) is -1.81. The van der Waals surface area contributed by atoms with Crippen molar-refractivity contribution >= 4 is 16.0 Å². The maximum absolute atomic E-state index is 11.4. The zero-order valence-corrected chi connectivity index (χ0v) is 9.94. The van der Waals surface area contributed by atoms with Gasteiger partial charge >= 0.3 is 0 Å². The number of aliphatic hydroxyl groups excluding tert-OH is 1. The predicted molar refractivity (Wildman–Crippen MR) is 56.0 cm³/mol. The average molecular weight is 255 g/mol. The van der Waals surface area contributed by atoms with Gasteiger partial charge in [-0.1, -0.05) is 13.8 Å². The minimum Gasteiger partial charge on any atom is -0.366 e. The monoisotopic (exact) mass is 255 g/mol. The van der Waals surface area contributed by atoms with Gasteiger partial charge in [0.1, 0.15) is 5.75 Å². The van der Waals surface area contributed by atoms with E-state index in [1.165, 1.54) is 0 Å². The highest BCUT2D eigenvalue weighted by Gasteiger charge is 2.26. The second-order valence-corrected chi connectivity index (χ2v) is 5.08. The summed E-state index contributed by atoms with van der Waals surface area (Å²) in [6.45, 7) is 3.38. The molecular weight excluding hydrogens is 238 g/mol. The van der Waals surface area contributed by atoms with Crippen LogP contribution in [0.15, 0.2) is 0 Å². The van der Waals surface area contributed by atoms with E-state index in [9.17, 15) is 13.2 Å². The largest absolute Gasteiger partial charge is 0.366 e. The normalized spacial score (nSPS) is 15.9. The van der Waals surface area contributed by atoms with Gasteiger partial charge in [0.2, 0.25) is 5.91 Å². The maximum atomic E-state index is 11.4. The Bertz CT molecular complexity index is 325. The van der Waals surface area contributed by atoms with Gasteiger partial charge in [0.15, 0.2) is 6.29 Å². The molecule has 2 unspecified atom stereocenters. The lowest BCUT2D eigenvalue weighted by Crippen LogP contribution is -2.49.